The molecule has 0 unspecified atom stereocenters. The second kappa shape index (κ2) is 6.30. The van der Waals surface area contributed by atoms with Gasteiger partial charge in [-0.25, -0.2) is 0 Å². The number of hydrogen-bond donors (Lipinski definition) is 0. The summed E-state index contributed by atoms with van der Waals surface area (Å²) in [4.78, 5) is 0. The summed E-state index contributed by atoms with van der Waals surface area (Å²) in [6.45, 7) is 4.05. The second-order valence-electron chi connectivity index (χ2n) is 2.38. The van der Waals surface area contributed by atoms with Crippen molar-refractivity contribution < 1.29 is 0 Å². The van der Waals surface area contributed by atoms with Crippen LogP contribution in [-0.2, 0) is 0 Å². The maximum absolute atomic E-state index is 8.34. The molecule has 62 valence electrons. The van der Waals surface area contributed by atoms with Crippen molar-refractivity contribution in [1.29, 1.82) is 10.5 Å². The van der Waals surface area contributed by atoms with Crippen molar-refractivity contribution in [3.05, 3.63) is 11.8 Å². The summed E-state index contributed by atoms with van der Waals surface area (Å²) in [5.74, 6) is 1.24. The molecule has 0 aromatic rings. The summed E-state index contributed by atoms with van der Waals surface area (Å²) in [6, 6.07) is 3.92. The molecule has 0 atom stereocenters. The van der Waals surface area contributed by atoms with Crippen molar-refractivity contribution in [2.24, 2.45) is 10.2 Å². The molecule has 0 aromatic heterocycles. The van der Waals surface area contributed by atoms with Crippen LogP contribution >= 0.6 is 0 Å². The first-order valence-corrected chi connectivity index (χ1v) is 3.49. The van der Waals surface area contributed by atoms with E-state index in [9.17, 15) is 0 Å². The number of azo groups is 1. The lowest BCUT2D eigenvalue weighted by molar-refractivity contribution is 0.866. The number of rotatable bonds is 4. The first-order chi connectivity index (χ1) is 5.70. The molecule has 0 N–H and O–H groups in total. The van der Waals surface area contributed by atoms with Crippen molar-refractivity contribution in [2.45, 2.75) is 13.8 Å². The smallest absolute Gasteiger partial charge is 0.0960 e. The molecule has 12 heavy (non-hydrogen) atoms. The first kappa shape index (κ1) is 10.6. The lowest BCUT2D eigenvalue weighted by Gasteiger charge is -1.93. The molecule has 0 heterocycles. The van der Waals surface area contributed by atoms with Gasteiger partial charge < -0.3 is 0 Å². The van der Waals surface area contributed by atoms with Gasteiger partial charge in [-0.2, -0.15) is 20.8 Å². The van der Waals surface area contributed by atoms with Gasteiger partial charge in [0.15, 0.2) is 0 Å². The Balaban J connectivity index is 3.53. The predicted molar refractivity (Wildman–Crippen MR) is 43.7 cm³/mol. The Hall–Kier alpha value is -1.42. The average Bonchev–Trinajstić information content (AvgIpc) is 2.11. The third kappa shape index (κ3) is 5.37. The topological polar surface area (TPSA) is 72.3 Å². The quantitative estimate of drug-likeness (QED) is 0.590. The Morgan fingerprint density at radius 3 is 1.58 bits per heavy atom. The predicted octanol–water partition coefficient (Wildman–Crippen LogP) is 1.67. The van der Waals surface area contributed by atoms with Gasteiger partial charge in [-0.05, 0) is 13.8 Å². The van der Waals surface area contributed by atoms with E-state index >= 15 is 0 Å². The van der Waals surface area contributed by atoms with E-state index in [1.54, 1.807) is 13.8 Å². The summed E-state index contributed by atoms with van der Waals surface area (Å²) in [7, 11) is 0. The highest BCUT2D eigenvalue weighted by Crippen LogP contribution is 1.98. The zero-order chi connectivity index (χ0) is 9.40. The van der Waals surface area contributed by atoms with E-state index in [0.717, 1.165) is 0 Å². The molecule has 0 amide bonds. The normalized spacial score (nSPS) is 10.5. The maximum Gasteiger partial charge on any atom is 0.0960 e. The van der Waals surface area contributed by atoms with Gasteiger partial charge in [0.1, 0.15) is 0 Å². The Kier molecular flexibility index (Phi) is 5.55. The summed E-state index contributed by atoms with van der Waals surface area (Å²) in [6.07, 6.45) is 0. The van der Waals surface area contributed by atoms with Crippen molar-refractivity contribution in [3.8, 4) is 12.1 Å². The SMILES string of the molecule is C[C](C#N)CN=NC[C](C)C#N. The van der Waals surface area contributed by atoms with E-state index in [0.29, 0.717) is 24.9 Å². The summed E-state index contributed by atoms with van der Waals surface area (Å²) >= 11 is 0. The van der Waals surface area contributed by atoms with Crippen molar-refractivity contribution in [3.63, 3.8) is 0 Å². The molecule has 4 nitrogen and oxygen atoms in total. The third-order valence-corrected chi connectivity index (χ3v) is 1.10. The van der Waals surface area contributed by atoms with Gasteiger partial charge in [-0.15, -0.1) is 0 Å². The summed E-state index contributed by atoms with van der Waals surface area (Å²) in [5.41, 5.74) is 0. The van der Waals surface area contributed by atoms with Crippen LogP contribution in [0.5, 0.6) is 0 Å². The van der Waals surface area contributed by atoms with Gasteiger partial charge in [-0.3, -0.25) is 0 Å². The van der Waals surface area contributed by atoms with Crippen LogP contribution in [0.1, 0.15) is 13.8 Å². The van der Waals surface area contributed by atoms with Crippen LogP contribution in [0.25, 0.3) is 0 Å². The van der Waals surface area contributed by atoms with E-state index in [2.05, 4.69) is 10.2 Å². The number of nitrogens with zero attached hydrogens (tertiary/aromatic N) is 4. The Morgan fingerprint density at radius 1 is 1.00 bits per heavy atom. The van der Waals surface area contributed by atoms with Gasteiger partial charge in [0.05, 0.1) is 37.1 Å². The number of nitriles is 2. The maximum atomic E-state index is 8.34. The highest BCUT2D eigenvalue weighted by Gasteiger charge is 1.99. The molecule has 0 saturated carbocycles. The van der Waals surface area contributed by atoms with Gasteiger partial charge >= 0.3 is 0 Å². The molecule has 0 saturated heterocycles. The van der Waals surface area contributed by atoms with E-state index < -0.39 is 0 Å². The highest BCUT2D eigenvalue weighted by molar-refractivity contribution is 5.09. The van der Waals surface area contributed by atoms with Crippen LogP contribution in [0.3, 0.4) is 0 Å². The molecule has 0 fully saturated rings. The number of hydrogen-bond acceptors (Lipinski definition) is 4. The van der Waals surface area contributed by atoms with Gasteiger partial charge in [-0.1, -0.05) is 0 Å². The molecule has 0 aliphatic rings. The van der Waals surface area contributed by atoms with Gasteiger partial charge in [0.2, 0.25) is 0 Å². The highest BCUT2D eigenvalue weighted by atomic mass is 15.1. The van der Waals surface area contributed by atoms with Crippen molar-refractivity contribution in [1.82, 2.24) is 0 Å². The van der Waals surface area contributed by atoms with E-state index in [-0.39, 0.29) is 0 Å². The Bertz CT molecular complexity index is 196. The Morgan fingerprint density at radius 2 is 1.33 bits per heavy atom. The van der Waals surface area contributed by atoms with Crippen LogP contribution in [-0.4, -0.2) is 13.1 Å². The zero-order valence-corrected chi connectivity index (χ0v) is 7.20. The van der Waals surface area contributed by atoms with E-state index in [1.807, 2.05) is 12.1 Å². The molecule has 0 rings (SSSR count). The van der Waals surface area contributed by atoms with Crippen LogP contribution in [0.2, 0.25) is 0 Å². The van der Waals surface area contributed by atoms with Gasteiger partial charge in [0.25, 0.3) is 0 Å². The molecule has 0 spiro atoms. The van der Waals surface area contributed by atoms with Crippen LogP contribution in [0.15, 0.2) is 10.2 Å². The Labute approximate surface area is 72.5 Å². The monoisotopic (exact) mass is 162 g/mol. The van der Waals surface area contributed by atoms with Crippen LogP contribution in [0.4, 0.5) is 0 Å². The molecular formula is C8H10N4. The second-order valence-corrected chi connectivity index (χ2v) is 2.38. The minimum atomic E-state index is 0.329. The van der Waals surface area contributed by atoms with E-state index in [4.69, 9.17) is 10.5 Å². The lowest BCUT2D eigenvalue weighted by Crippen LogP contribution is -1.94. The fraction of sp³-hybridized carbons (Fsp3) is 0.500. The van der Waals surface area contributed by atoms with Crippen LogP contribution < -0.4 is 0 Å². The fourth-order valence-electron chi connectivity index (χ4n) is 0.383. The molecule has 0 bridgehead atoms. The molecule has 2 radical (unpaired) electrons. The third-order valence-electron chi connectivity index (χ3n) is 1.10. The molecule has 0 aromatic carbocycles. The molecule has 0 aliphatic heterocycles. The molecule has 4 heteroatoms. The largest absolute Gasteiger partial charge is 0.198 e. The standard InChI is InChI=1S/C8H10N4/c1-7(3-9)5-11-12-6-8(2)4-10/h5-6H2,1-2H3. The lowest BCUT2D eigenvalue weighted by atomic mass is 10.2. The zero-order valence-electron chi connectivity index (χ0n) is 7.20. The minimum Gasteiger partial charge on any atom is -0.198 e. The molecule has 0 aliphatic carbocycles. The van der Waals surface area contributed by atoms with Crippen LogP contribution in [0, 0.1) is 34.5 Å². The summed E-state index contributed by atoms with van der Waals surface area (Å²) < 4.78 is 0. The van der Waals surface area contributed by atoms with Crippen molar-refractivity contribution in [2.75, 3.05) is 13.1 Å². The van der Waals surface area contributed by atoms with Gasteiger partial charge in [0, 0.05) is 0 Å². The molecular weight excluding hydrogens is 152 g/mol. The fourth-order valence-corrected chi connectivity index (χ4v) is 0.383. The first-order valence-electron chi connectivity index (χ1n) is 3.49. The minimum absolute atomic E-state index is 0.329. The summed E-state index contributed by atoms with van der Waals surface area (Å²) in [5, 5.41) is 24.1. The van der Waals surface area contributed by atoms with Crippen molar-refractivity contribution >= 4 is 0 Å². The van der Waals surface area contributed by atoms with E-state index in [1.165, 1.54) is 0 Å². The average molecular weight is 162 g/mol.